The van der Waals surface area contributed by atoms with Gasteiger partial charge in [-0.25, -0.2) is 4.79 Å². The molecular formula is C24H39N3O3. The van der Waals surface area contributed by atoms with Crippen LogP contribution >= 0.6 is 0 Å². The van der Waals surface area contributed by atoms with Crippen molar-refractivity contribution in [3.05, 3.63) is 35.9 Å². The smallest absolute Gasteiger partial charge is 0.407 e. The molecule has 1 fully saturated rings. The molecule has 0 unspecified atom stereocenters. The van der Waals surface area contributed by atoms with Gasteiger partial charge in [-0.3, -0.25) is 4.79 Å². The number of carbonyl (C=O) groups is 2. The van der Waals surface area contributed by atoms with Crippen LogP contribution in [0.5, 0.6) is 0 Å². The number of hydrogen-bond donors (Lipinski definition) is 3. The Kier molecular flexibility index (Phi) is 9.63. The van der Waals surface area contributed by atoms with Crippen LogP contribution in [0.3, 0.4) is 0 Å². The van der Waals surface area contributed by atoms with Gasteiger partial charge >= 0.3 is 6.09 Å². The number of amides is 2. The van der Waals surface area contributed by atoms with Gasteiger partial charge < -0.3 is 20.7 Å². The van der Waals surface area contributed by atoms with E-state index in [2.05, 4.69) is 43.6 Å². The highest BCUT2D eigenvalue weighted by atomic mass is 16.5. The van der Waals surface area contributed by atoms with E-state index in [0.717, 1.165) is 37.7 Å². The fraction of sp³-hybridized carbons (Fsp3) is 0.667. The van der Waals surface area contributed by atoms with E-state index in [1.165, 1.54) is 6.42 Å². The lowest BCUT2D eigenvalue weighted by atomic mass is 9.78. The second-order valence-corrected chi connectivity index (χ2v) is 9.40. The van der Waals surface area contributed by atoms with Crippen LogP contribution in [0.15, 0.2) is 30.3 Å². The molecule has 1 aliphatic carbocycles. The van der Waals surface area contributed by atoms with Gasteiger partial charge in [0.25, 0.3) is 0 Å². The zero-order chi connectivity index (χ0) is 22.0. The number of alkyl carbamates (subject to hydrolysis) is 1. The van der Waals surface area contributed by atoms with Gasteiger partial charge in [0.2, 0.25) is 5.91 Å². The van der Waals surface area contributed by atoms with Gasteiger partial charge in [0.1, 0.15) is 13.2 Å². The molecule has 0 radical (unpaired) electrons. The second kappa shape index (κ2) is 11.9. The first kappa shape index (κ1) is 24.2. The average molecular weight is 418 g/mol. The number of unbranched alkanes of at least 4 members (excludes halogenated alkanes) is 1. The SMILES string of the molecule is CCCC[C@H]1C[C@H](NC(C)(C)C)CC[C@@H]1NC(=O)CNC(=O)OCc1ccccc1. The maximum absolute atomic E-state index is 12.4. The third-order valence-corrected chi connectivity index (χ3v) is 5.50. The summed E-state index contributed by atoms with van der Waals surface area (Å²) in [6, 6.07) is 10.1. The number of carbonyl (C=O) groups excluding carboxylic acids is 2. The Morgan fingerprint density at radius 1 is 1.13 bits per heavy atom. The van der Waals surface area contributed by atoms with Gasteiger partial charge in [0.05, 0.1) is 0 Å². The Morgan fingerprint density at radius 3 is 2.53 bits per heavy atom. The first-order valence-electron chi connectivity index (χ1n) is 11.3. The lowest BCUT2D eigenvalue weighted by molar-refractivity contribution is -0.121. The largest absolute Gasteiger partial charge is 0.445 e. The highest BCUT2D eigenvalue weighted by molar-refractivity contribution is 5.82. The van der Waals surface area contributed by atoms with E-state index in [1.807, 2.05) is 30.3 Å². The summed E-state index contributed by atoms with van der Waals surface area (Å²) in [5, 5.41) is 9.43. The molecule has 1 aromatic carbocycles. The zero-order valence-electron chi connectivity index (χ0n) is 19.0. The quantitative estimate of drug-likeness (QED) is 0.564. The van der Waals surface area contributed by atoms with E-state index < -0.39 is 6.09 Å². The number of rotatable bonds is 9. The Balaban J connectivity index is 1.76. The summed E-state index contributed by atoms with van der Waals surface area (Å²) in [5.74, 6) is 0.313. The topological polar surface area (TPSA) is 79.5 Å². The minimum absolute atomic E-state index is 0.0612. The minimum atomic E-state index is -0.574. The van der Waals surface area contributed by atoms with Crippen molar-refractivity contribution in [2.75, 3.05) is 6.54 Å². The maximum atomic E-state index is 12.4. The molecule has 0 spiro atoms. The molecule has 168 valence electrons. The van der Waals surface area contributed by atoms with Crippen LogP contribution < -0.4 is 16.0 Å². The summed E-state index contributed by atoms with van der Waals surface area (Å²) in [7, 11) is 0. The van der Waals surface area contributed by atoms with Gasteiger partial charge in [-0.15, -0.1) is 0 Å². The Labute approximate surface area is 181 Å². The van der Waals surface area contributed by atoms with Crippen molar-refractivity contribution >= 4 is 12.0 Å². The molecule has 0 heterocycles. The molecule has 3 atom stereocenters. The predicted molar refractivity (Wildman–Crippen MR) is 120 cm³/mol. The van der Waals surface area contributed by atoms with Gasteiger partial charge in [-0.05, 0) is 57.9 Å². The van der Waals surface area contributed by atoms with Crippen LogP contribution in [0.25, 0.3) is 0 Å². The summed E-state index contributed by atoms with van der Waals surface area (Å²) >= 11 is 0. The van der Waals surface area contributed by atoms with E-state index >= 15 is 0 Å². The van der Waals surface area contributed by atoms with Gasteiger partial charge in [0.15, 0.2) is 0 Å². The summed E-state index contributed by atoms with van der Waals surface area (Å²) in [6.45, 7) is 8.93. The van der Waals surface area contributed by atoms with E-state index in [4.69, 9.17) is 4.74 Å². The first-order chi connectivity index (χ1) is 14.3. The molecule has 6 nitrogen and oxygen atoms in total. The summed E-state index contributed by atoms with van der Waals surface area (Å²) in [5.41, 5.74) is 1.01. The third kappa shape index (κ3) is 9.16. The van der Waals surface area contributed by atoms with Gasteiger partial charge in [0, 0.05) is 17.6 Å². The minimum Gasteiger partial charge on any atom is -0.445 e. The molecular weight excluding hydrogens is 378 g/mol. The average Bonchev–Trinajstić information content (AvgIpc) is 2.70. The Bertz CT molecular complexity index is 657. The molecule has 0 aromatic heterocycles. The number of hydrogen-bond acceptors (Lipinski definition) is 4. The molecule has 2 amide bonds. The van der Waals surface area contributed by atoms with Crippen LogP contribution in [-0.4, -0.2) is 36.2 Å². The van der Waals surface area contributed by atoms with Crippen LogP contribution in [-0.2, 0) is 16.1 Å². The van der Waals surface area contributed by atoms with Crippen molar-refractivity contribution in [2.24, 2.45) is 5.92 Å². The monoisotopic (exact) mass is 417 g/mol. The standard InChI is InChI=1S/C24H39N3O3/c1-5-6-12-19-15-20(27-24(2,3)4)13-14-21(19)26-22(28)16-25-23(29)30-17-18-10-8-7-9-11-18/h7-11,19-21,27H,5-6,12-17H2,1-4H3,(H,25,29)(H,26,28)/t19-,20+,21-/m0/s1. The molecule has 30 heavy (non-hydrogen) atoms. The molecule has 3 N–H and O–H groups in total. The fourth-order valence-electron chi connectivity index (χ4n) is 4.17. The highest BCUT2D eigenvalue weighted by Gasteiger charge is 2.32. The molecule has 0 bridgehead atoms. The number of ether oxygens (including phenoxy) is 1. The second-order valence-electron chi connectivity index (χ2n) is 9.40. The van der Waals surface area contributed by atoms with Crippen molar-refractivity contribution in [3.8, 4) is 0 Å². The highest BCUT2D eigenvalue weighted by Crippen LogP contribution is 2.30. The van der Waals surface area contributed by atoms with E-state index in [9.17, 15) is 9.59 Å². The number of benzene rings is 1. The van der Waals surface area contributed by atoms with Crippen molar-refractivity contribution in [2.45, 2.75) is 90.4 Å². The molecule has 2 rings (SSSR count). The van der Waals surface area contributed by atoms with Crippen LogP contribution in [0.2, 0.25) is 0 Å². The van der Waals surface area contributed by atoms with Crippen molar-refractivity contribution in [1.29, 1.82) is 0 Å². The predicted octanol–water partition coefficient (Wildman–Crippen LogP) is 4.14. The van der Waals surface area contributed by atoms with E-state index in [1.54, 1.807) is 0 Å². The third-order valence-electron chi connectivity index (χ3n) is 5.50. The van der Waals surface area contributed by atoms with Crippen LogP contribution in [0.1, 0.15) is 71.8 Å². The van der Waals surface area contributed by atoms with E-state index in [0.29, 0.717) is 12.0 Å². The van der Waals surface area contributed by atoms with Gasteiger partial charge in [-0.1, -0.05) is 50.1 Å². The zero-order valence-corrected chi connectivity index (χ0v) is 19.0. The van der Waals surface area contributed by atoms with Crippen molar-refractivity contribution < 1.29 is 14.3 Å². The van der Waals surface area contributed by atoms with Crippen LogP contribution in [0.4, 0.5) is 4.79 Å². The molecule has 1 aromatic rings. The van der Waals surface area contributed by atoms with Crippen molar-refractivity contribution in [1.82, 2.24) is 16.0 Å². The normalized spacial score (nSPS) is 21.7. The van der Waals surface area contributed by atoms with E-state index in [-0.39, 0.29) is 30.6 Å². The maximum Gasteiger partial charge on any atom is 0.407 e. The molecule has 0 saturated heterocycles. The lowest BCUT2D eigenvalue weighted by Gasteiger charge is -2.40. The van der Waals surface area contributed by atoms with Gasteiger partial charge in [-0.2, -0.15) is 0 Å². The van der Waals surface area contributed by atoms with Crippen LogP contribution in [0, 0.1) is 5.92 Å². The summed E-state index contributed by atoms with van der Waals surface area (Å²) in [4.78, 5) is 24.3. The summed E-state index contributed by atoms with van der Waals surface area (Å²) < 4.78 is 5.16. The van der Waals surface area contributed by atoms with Crippen molar-refractivity contribution in [3.63, 3.8) is 0 Å². The molecule has 1 saturated carbocycles. The Hall–Kier alpha value is -2.08. The number of nitrogens with one attached hydrogen (secondary N) is 3. The molecule has 0 aliphatic heterocycles. The Morgan fingerprint density at radius 2 is 1.87 bits per heavy atom. The fourth-order valence-corrected chi connectivity index (χ4v) is 4.17. The summed E-state index contributed by atoms with van der Waals surface area (Å²) in [6.07, 6.45) is 5.97. The first-order valence-corrected chi connectivity index (χ1v) is 11.3. The molecule has 6 heteroatoms. The lowest BCUT2D eigenvalue weighted by Crippen LogP contribution is -2.52. The molecule has 1 aliphatic rings.